The van der Waals surface area contributed by atoms with Gasteiger partial charge in [0.15, 0.2) is 11.5 Å². The smallest absolute Gasteiger partial charge is 0.255 e. The second-order valence-electron chi connectivity index (χ2n) is 6.61. The van der Waals surface area contributed by atoms with Gasteiger partial charge in [0.1, 0.15) is 0 Å². The van der Waals surface area contributed by atoms with Gasteiger partial charge in [-0.3, -0.25) is 9.78 Å². The molecule has 156 valence electrons. The molecular formula is C23H22Cl2N2O3. The molecule has 0 unspecified atom stereocenters. The molecule has 2 aromatic carbocycles. The minimum Gasteiger partial charge on any atom is -0.493 e. The third-order valence-corrected chi connectivity index (χ3v) is 5.18. The Morgan fingerprint density at radius 1 is 1.00 bits per heavy atom. The Morgan fingerprint density at radius 2 is 1.80 bits per heavy atom. The van der Waals surface area contributed by atoms with Gasteiger partial charge in [-0.1, -0.05) is 35.3 Å². The largest absolute Gasteiger partial charge is 0.493 e. The van der Waals surface area contributed by atoms with Crippen LogP contribution in [0.25, 0.3) is 0 Å². The van der Waals surface area contributed by atoms with Gasteiger partial charge in [-0.2, -0.15) is 0 Å². The number of nitrogens with zero attached hydrogens (tertiary/aromatic N) is 2. The predicted molar refractivity (Wildman–Crippen MR) is 119 cm³/mol. The van der Waals surface area contributed by atoms with E-state index in [1.54, 1.807) is 43.5 Å². The number of aromatic nitrogens is 1. The highest BCUT2D eigenvalue weighted by Crippen LogP contribution is 2.29. The van der Waals surface area contributed by atoms with E-state index in [4.69, 9.17) is 32.7 Å². The van der Waals surface area contributed by atoms with E-state index in [0.29, 0.717) is 46.6 Å². The Bertz CT molecular complexity index is 1010. The van der Waals surface area contributed by atoms with Gasteiger partial charge < -0.3 is 14.4 Å². The highest BCUT2D eigenvalue weighted by molar-refractivity contribution is 6.36. The van der Waals surface area contributed by atoms with Crippen LogP contribution in [-0.2, 0) is 13.0 Å². The maximum Gasteiger partial charge on any atom is 0.255 e. The molecule has 30 heavy (non-hydrogen) atoms. The van der Waals surface area contributed by atoms with Crippen LogP contribution in [0.5, 0.6) is 11.5 Å². The highest BCUT2D eigenvalue weighted by atomic mass is 35.5. The molecule has 0 aliphatic heterocycles. The van der Waals surface area contributed by atoms with E-state index >= 15 is 0 Å². The van der Waals surface area contributed by atoms with Crippen molar-refractivity contribution in [3.8, 4) is 11.5 Å². The molecule has 0 saturated heterocycles. The molecule has 0 aliphatic rings. The summed E-state index contributed by atoms with van der Waals surface area (Å²) < 4.78 is 10.7. The van der Waals surface area contributed by atoms with Crippen LogP contribution in [0.3, 0.4) is 0 Å². The molecule has 0 spiro atoms. The van der Waals surface area contributed by atoms with Crippen molar-refractivity contribution in [1.29, 1.82) is 0 Å². The third-order valence-electron chi connectivity index (χ3n) is 4.63. The van der Waals surface area contributed by atoms with Crippen molar-refractivity contribution >= 4 is 29.1 Å². The maximum atomic E-state index is 13.3. The van der Waals surface area contributed by atoms with Crippen molar-refractivity contribution in [1.82, 2.24) is 9.88 Å². The Balaban J connectivity index is 1.87. The summed E-state index contributed by atoms with van der Waals surface area (Å²) in [4.78, 5) is 19.4. The first-order valence-electron chi connectivity index (χ1n) is 9.37. The van der Waals surface area contributed by atoms with Crippen molar-refractivity contribution < 1.29 is 14.3 Å². The molecule has 0 N–H and O–H groups in total. The van der Waals surface area contributed by atoms with Crippen LogP contribution in [0.4, 0.5) is 0 Å². The second-order valence-corrected chi connectivity index (χ2v) is 7.45. The Kier molecular flexibility index (Phi) is 7.55. The molecule has 1 amide bonds. The van der Waals surface area contributed by atoms with E-state index in [1.807, 2.05) is 36.4 Å². The van der Waals surface area contributed by atoms with Gasteiger partial charge in [-0.15, -0.1) is 0 Å². The summed E-state index contributed by atoms with van der Waals surface area (Å²) in [6.07, 6.45) is 2.36. The highest BCUT2D eigenvalue weighted by Gasteiger charge is 2.20. The zero-order valence-corrected chi connectivity index (χ0v) is 18.3. The quantitative estimate of drug-likeness (QED) is 0.473. The first-order chi connectivity index (χ1) is 14.5. The van der Waals surface area contributed by atoms with Crippen molar-refractivity contribution in [2.45, 2.75) is 13.0 Å². The normalized spacial score (nSPS) is 10.5. The van der Waals surface area contributed by atoms with Crippen LogP contribution in [0.2, 0.25) is 10.0 Å². The maximum absolute atomic E-state index is 13.3. The van der Waals surface area contributed by atoms with Crippen LogP contribution in [-0.4, -0.2) is 36.6 Å². The van der Waals surface area contributed by atoms with Crippen LogP contribution in [0.1, 0.15) is 21.6 Å². The Hall–Kier alpha value is -2.76. The zero-order chi connectivity index (χ0) is 21.5. The monoisotopic (exact) mass is 444 g/mol. The van der Waals surface area contributed by atoms with E-state index in [0.717, 1.165) is 11.3 Å². The minimum absolute atomic E-state index is 0.178. The van der Waals surface area contributed by atoms with Crippen LogP contribution < -0.4 is 9.47 Å². The first-order valence-corrected chi connectivity index (χ1v) is 10.1. The first kappa shape index (κ1) is 21.9. The van der Waals surface area contributed by atoms with E-state index in [2.05, 4.69) is 4.98 Å². The Labute approximate surface area is 186 Å². The number of halogens is 2. The third kappa shape index (κ3) is 5.43. The number of pyridine rings is 1. The number of methoxy groups -OCH3 is 2. The van der Waals surface area contributed by atoms with Crippen LogP contribution in [0, 0.1) is 0 Å². The summed E-state index contributed by atoms with van der Waals surface area (Å²) >= 11 is 12.3. The standard InChI is InChI=1S/C23H22Cl2N2O3/c1-29-21-9-6-16(13-22(21)30-2)15-27(12-10-18-5-3-4-11-26-18)23(28)19-8-7-17(24)14-20(19)25/h3-9,11,13-14H,10,12,15H2,1-2H3. The number of amides is 1. The molecule has 3 aromatic rings. The molecule has 0 atom stereocenters. The lowest BCUT2D eigenvalue weighted by Gasteiger charge is -2.24. The molecule has 0 saturated carbocycles. The van der Waals surface area contributed by atoms with E-state index in [-0.39, 0.29) is 5.91 Å². The van der Waals surface area contributed by atoms with Gasteiger partial charge in [0.2, 0.25) is 0 Å². The summed E-state index contributed by atoms with van der Waals surface area (Å²) in [5.41, 5.74) is 2.22. The molecular weight excluding hydrogens is 423 g/mol. The molecule has 1 heterocycles. The molecule has 0 aliphatic carbocycles. The second kappa shape index (κ2) is 10.3. The van der Waals surface area contributed by atoms with Gasteiger partial charge in [0.05, 0.1) is 24.8 Å². The van der Waals surface area contributed by atoms with E-state index in [9.17, 15) is 4.79 Å². The summed E-state index contributed by atoms with van der Waals surface area (Å²) in [5.74, 6) is 1.06. The molecule has 0 bridgehead atoms. The lowest BCUT2D eigenvalue weighted by molar-refractivity contribution is 0.0744. The summed E-state index contributed by atoms with van der Waals surface area (Å²) in [5, 5.41) is 0.805. The van der Waals surface area contributed by atoms with E-state index < -0.39 is 0 Å². The lowest BCUT2D eigenvalue weighted by Crippen LogP contribution is -2.33. The van der Waals surface area contributed by atoms with Crippen LogP contribution >= 0.6 is 23.2 Å². The Morgan fingerprint density at radius 3 is 2.47 bits per heavy atom. The zero-order valence-electron chi connectivity index (χ0n) is 16.8. The van der Waals surface area contributed by atoms with Crippen molar-refractivity contribution in [3.63, 3.8) is 0 Å². The molecule has 0 fully saturated rings. The summed E-state index contributed by atoms with van der Waals surface area (Å²) in [7, 11) is 3.17. The molecule has 3 rings (SSSR count). The number of rotatable bonds is 8. The van der Waals surface area contributed by atoms with Crippen molar-refractivity contribution in [3.05, 3.63) is 87.7 Å². The summed E-state index contributed by atoms with van der Waals surface area (Å²) in [6, 6.07) is 16.2. The topological polar surface area (TPSA) is 51.7 Å². The number of hydrogen-bond acceptors (Lipinski definition) is 4. The van der Waals surface area contributed by atoms with Crippen LogP contribution in [0.15, 0.2) is 60.8 Å². The number of carbonyl (C=O) groups excluding carboxylic acids is 1. The minimum atomic E-state index is -0.178. The fourth-order valence-corrected chi connectivity index (χ4v) is 3.57. The predicted octanol–water partition coefficient (Wildman–Crippen LogP) is 5.29. The van der Waals surface area contributed by atoms with Gasteiger partial charge in [-0.05, 0) is 48.0 Å². The van der Waals surface area contributed by atoms with Gasteiger partial charge in [0, 0.05) is 36.4 Å². The number of hydrogen-bond donors (Lipinski definition) is 0. The summed E-state index contributed by atoms with van der Waals surface area (Å²) in [6.45, 7) is 0.855. The van der Waals surface area contributed by atoms with E-state index in [1.165, 1.54) is 0 Å². The fraction of sp³-hybridized carbons (Fsp3) is 0.217. The molecule has 0 radical (unpaired) electrons. The number of carbonyl (C=O) groups is 1. The molecule has 7 heteroatoms. The molecule has 5 nitrogen and oxygen atoms in total. The number of ether oxygens (including phenoxy) is 2. The average molecular weight is 445 g/mol. The average Bonchev–Trinajstić information content (AvgIpc) is 2.76. The van der Waals surface area contributed by atoms with Crippen molar-refractivity contribution in [2.24, 2.45) is 0 Å². The van der Waals surface area contributed by atoms with Crippen molar-refractivity contribution in [2.75, 3.05) is 20.8 Å². The molecule has 1 aromatic heterocycles. The fourth-order valence-electron chi connectivity index (χ4n) is 3.08. The van der Waals surface area contributed by atoms with Gasteiger partial charge >= 0.3 is 0 Å². The lowest BCUT2D eigenvalue weighted by atomic mass is 10.1. The van der Waals surface area contributed by atoms with Gasteiger partial charge in [-0.25, -0.2) is 0 Å². The SMILES string of the molecule is COc1ccc(CN(CCc2ccccn2)C(=O)c2ccc(Cl)cc2Cl)cc1OC. The van der Waals surface area contributed by atoms with Gasteiger partial charge in [0.25, 0.3) is 5.91 Å². The number of benzene rings is 2.